The molecule has 0 amide bonds. The van der Waals surface area contributed by atoms with Crippen LogP contribution < -0.4 is 0 Å². The van der Waals surface area contributed by atoms with Gasteiger partial charge in [-0.05, 0) is 0 Å². The fourth-order valence-corrected chi connectivity index (χ4v) is 6.64. The molecule has 1 atom stereocenters. The standard InChI is InChI=1S/C23H41AsO/c1-2-3-4-5-6-7-8-9-10-16-21-24(25)22-17-12-15-20-23-18-13-11-14-19-23/h11,13-14,18-19,24H,2-10,12,15-17,20-22H2,1H3. The number of benzene rings is 1. The van der Waals surface area contributed by atoms with Gasteiger partial charge in [-0.15, -0.1) is 0 Å². The summed E-state index contributed by atoms with van der Waals surface area (Å²) in [5.41, 5.74) is 1.44. The summed E-state index contributed by atoms with van der Waals surface area (Å²) in [5.74, 6) is 0. The van der Waals surface area contributed by atoms with Crippen molar-refractivity contribution in [1.82, 2.24) is 0 Å². The quantitative estimate of drug-likeness (QED) is 0.193. The van der Waals surface area contributed by atoms with Crippen molar-refractivity contribution in [3.8, 4) is 0 Å². The number of aryl methyl sites for hydroxylation is 1. The van der Waals surface area contributed by atoms with Crippen molar-refractivity contribution in [3.05, 3.63) is 35.9 Å². The molecule has 0 saturated heterocycles. The fourth-order valence-electron chi connectivity index (χ4n) is 3.41. The van der Waals surface area contributed by atoms with Crippen LogP contribution in [-0.2, 0) is 10.2 Å². The van der Waals surface area contributed by atoms with E-state index in [9.17, 15) is 3.74 Å². The van der Waals surface area contributed by atoms with Crippen molar-refractivity contribution in [2.45, 2.75) is 107 Å². The van der Waals surface area contributed by atoms with E-state index in [4.69, 9.17) is 0 Å². The Morgan fingerprint density at radius 3 is 1.68 bits per heavy atom. The van der Waals surface area contributed by atoms with Gasteiger partial charge in [0, 0.05) is 0 Å². The van der Waals surface area contributed by atoms with Gasteiger partial charge in [0.05, 0.1) is 0 Å². The predicted molar refractivity (Wildman–Crippen MR) is 113 cm³/mol. The summed E-state index contributed by atoms with van der Waals surface area (Å²) in [4.78, 5) is 0. The zero-order valence-corrected chi connectivity index (χ0v) is 18.7. The molecule has 1 unspecified atom stereocenters. The molecule has 25 heavy (non-hydrogen) atoms. The van der Waals surface area contributed by atoms with E-state index >= 15 is 0 Å². The van der Waals surface area contributed by atoms with Crippen molar-refractivity contribution < 1.29 is 3.74 Å². The Balaban J connectivity index is 1.81. The van der Waals surface area contributed by atoms with E-state index in [0.717, 1.165) is 10.4 Å². The average molecular weight is 409 g/mol. The van der Waals surface area contributed by atoms with Gasteiger partial charge >= 0.3 is 161 Å². The van der Waals surface area contributed by atoms with Crippen molar-refractivity contribution in [2.24, 2.45) is 0 Å². The van der Waals surface area contributed by atoms with E-state index in [1.54, 1.807) is 0 Å². The SMILES string of the molecule is CCCCCCCCCCCC[AsH](=O)CCCCCc1ccccc1. The van der Waals surface area contributed by atoms with Crippen molar-refractivity contribution in [2.75, 3.05) is 0 Å². The molecule has 0 fully saturated rings. The first kappa shape index (κ1) is 22.6. The molecular formula is C23H41AsO. The first-order valence-corrected chi connectivity index (χ1v) is 14.7. The molecule has 144 valence electrons. The molecule has 0 radical (unpaired) electrons. The van der Waals surface area contributed by atoms with E-state index in [2.05, 4.69) is 37.3 Å². The molecule has 0 aliphatic heterocycles. The number of hydrogen-bond donors (Lipinski definition) is 0. The fraction of sp³-hybridized carbons (Fsp3) is 0.739. The molecule has 1 aromatic rings. The molecule has 1 nitrogen and oxygen atoms in total. The Hall–Kier alpha value is -0.422. The summed E-state index contributed by atoms with van der Waals surface area (Å²) in [6.45, 7) is 2.28. The van der Waals surface area contributed by atoms with E-state index in [0.29, 0.717) is 0 Å². The Bertz CT molecular complexity index is 415. The third-order valence-electron chi connectivity index (χ3n) is 5.07. The number of unbranched alkanes of at least 4 members (excludes halogenated alkanes) is 11. The minimum atomic E-state index is -1.91. The van der Waals surface area contributed by atoms with Gasteiger partial charge in [0.2, 0.25) is 0 Å². The number of rotatable bonds is 17. The second-order valence-electron chi connectivity index (χ2n) is 7.52. The summed E-state index contributed by atoms with van der Waals surface area (Å²) in [7, 11) is 0. The normalized spacial score (nSPS) is 12.4. The molecule has 1 rings (SSSR count). The van der Waals surface area contributed by atoms with E-state index in [1.165, 1.54) is 95.5 Å². The Morgan fingerprint density at radius 2 is 1.12 bits per heavy atom. The maximum absolute atomic E-state index is 12.2. The monoisotopic (exact) mass is 408 g/mol. The number of hydrogen-bond acceptors (Lipinski definition) is 1. The Labute approximate surface area is 161 Å². The van der Waals surface area contributed by atoms with Crippen LogP contribution in [0.15, 0.2) is 30.3 Å². The van der Waals surface area contributed by atoms with Crippen molar-refractivity contribution >= 4 is 14.6 Å². The van der Waals surface area contributed by atoms with Crippen molar-refractivity contribution in [3.63, 3.8) is 0 Å². The van der Waals surface area contributed by atoms with Crippen LogP contribution in [0.5, 0.6) is 0 Å². The van der Waals surface area contributed by atoms with E-state index < -0.39 is 14.6 Å². The van der Waals surface area contributed by atoms with Crippen LogP contribution in [0.1, 0.15) is 96.0 Å². The first-order chi connectivity index (χ1) is 12.3. The van der Waals surface area contributed by atoms with Gasteiger partial charge in [0.1, 0.15) is 0 Å². The van der Waals surface area contributed by atoms with Gasteiger partial charge in [-0.25, -0.2) is 0 Å². The van der Waals surface area contributed by atoms with E-state index in [-0.39, 0.29) is 0 Å². The summed E-state index contributed by atoms with van der Waals surface area (Å²) in [6, 6.07) is 10.7. The zero-order chi connectivity index (χ0) is 18.0. The average Bonchev–Trinajstić information content (AvgIpc) is 2.64. The van der Waals surface area contributed by atoms with Crippen LogP contribution in [0.3, 0.4) is 0 Å². The topological polar surface area (TPSA) is 17.1 Å². The molecule has 0 N–H and O–H groups in total. The van der Waals surface area contributed by atoms with Crippen LogP contribution in [0.4, 0.5) is 0 Å². The molecule has 0 heterocycles. The second-order valence-corrected chi connectivity index (χ2v) is 11.9. The molecular weight excluding hydrogens is 367 g/mol. The molecule has 0 aromatic heterocycles. The zero-order valence-electron chi connectivity index (χ0n) is 16.6. The second kappa shape index (κ2) is 17.0. The molecule has 0 bridgehead atoms. The summed E-state index contributed by atoms with van der Waals surface area (Å²) >= 11 is -1.91. The Kier molecular flexibility index (Phi) is 15.4. The summed E-state index contributed by atoms with van der Waals surface area (Å²) in [5, 5.41) is 2.11. The van der Waals surface area contributed by atoms with Crippen LogP contribution in [0.2, 0.25) is 10.4 Å². The van der Waals surface area contributed by atoms with Gasteiger partial charge < -0.3 is 0 Å². The van der Waals surface area contributed by atoms with Gasteiger partial charge in [-0.1, -0.05) is 0 Å². The first-order valence-electron chi connectivity index (χ1n) is 10.9. The maximum atomic E-state index is 12.2. The van der Waals surface area contributed by atoms with Crippen LogP contribution in [-0.4, -0.2) is 14.6 Å². The molecule has 2 heteroatoms. The third kappa shape index (κ3) is 14.4. The molecule has 0 spiro atoms. The Morgan fingerprint density at radius 1 is 0.640 bits per heavy atom. The molecule has 0 aliphatic carbocycles. The van der Waals surface area contributed by atoms with Crippen molar-refractivity contribution in [1.29, 1.82) is 0 Å². The van der Waals surface area contributed by atoms with Gasteiger partial charge in [-0.3, -0.25) is 0 Å². The molecule has 1 aromatic carbocycles. The van der Waals surface area contributed by atoms with Crippen LogP contribution in [0.25, 0.3) is 0 Å². The molecule has 0 saturated carbocycles. The van der Waals surface area contributed by atoms with E-state index in [1.807, 2.05) is 0 Å². The third-order valence-corrected chi connectivity index (χ3v) is 8.90. The minimum absolute atomic E-state index is 1.05. The summed E-state index contributed by atoms with van der Waals surface area (Å²) < 4.78 is 12.2. The predicted octanol–water partition coefficient (Wildman–Crippen LogP) is 7.47. The van der Waals surface area contributed by atoms with Crippen LogP contribution >= 0.6 is 0 Å². The van der Waals surface area contributed by atoms with Gasteiger partial charge in [0.15, 0.2) is 0 Å². The van der Waals surface area contributed by atoms with Gasteiger partial charge in [-0.2, -0.15) is 0 Å². The summed E-state index contributed by atoms with van der Waals surface area (Å²) in [6.07, 6.45) is 18.5. The van der Waals surface area contributed by atoms with Crippen LogP contribution in [0, 0.1) is 0 Å². The van der Waals surface area contributed by atoms with Gasteiger partial charge in [0.25, 0.3) is 0 Å². The molecule has 0 aliphatic rings.